The number of hydrogen-bond donors (Lipinski definition) is 2. The van der Waals surface area contributed by atoms with E-state index in [0.717, 1.165) is 28.8 Å². The number of nitrogens with two attached hydrogens (primary N) is 1. The normalized spacial score (nSPS) is 15.3. The summed E-state index contributed by atoms with van der Waals surface area (Å²) in [6.45, 7) is 1.33. The minimum absolute atomic E-state index is 0.129. The van der Waals surface area contributed by atoms with Gasteiger partial charge in [-0.1, -0.05) is 12.1 Å². The van der Waals surface area contributed by atoms with Crippen LogP contribution in [0, 0.1) is 0 Å². The molecule has 1 aliphatic heterocycles. The van der Waals surface area contributed by atoms with Crippen LogP contribution in [-0.2, 0) is 0 Å². The van der Waals surface area contributed by atoms with E-state index in [2.05, 4.69) is 5.32 Å². The third-order valence-electron chi connectivity index (χ3n) is 5.31. The first-order chi connectivity index (χ1) is 15.5. The number of fused-ring (bicyclic) bond motifs is 1. The number of furan rings is 1. The number of carbonyl (C=O) groups excluding carboxylic acids is 1. The molecule has 0 saturated carbocycles. The second-order valence-electron chi connectivity index (χ2n) is 7.78. The van der Waals surface area contributed by atoms with Crippen LogP contribution in [0.2, 0.25) is 0 Å². The number of nitrogens with zero attached hydrogens (tertiary/aromatic N) is 3. The number of anilines is 1. The molecule has 0 bridgehead atoms. The molecular weight excluding hydrogens is 406 g/mol. The monoisotopic (exact) mass is 433 g/mol. The highest BCUT2D eigenvalue weighted by atomic mass is 16.5. The van der Waals surface area contributed by atoms with Gasteiger partial charge in [-0.05, 0) is 62.1 Å². The Labute approximate surface area is 186 Å². The number of ether oxygens (including phenoxy) is 1. The van der Waals surface area contributed by atoms with Crippen LogP contribution in [0.25, 0.3) is 5.82 Å². The molecule has 1 aromatic heterocycles. The van der Waals surface area contributed by atoms with Crippen LogP contribution < -0.4 is 31.5 Å². The van der Waals surface area contributed by atoms with Crippen LogP contribution in [0.15, 0.2) is 70.3 Å². The molecule has 0 fully saturated rings. The fourth-order valence-electron chi connectivity index (χ4n) is 3.61. The molecule has 166 valence electrons. The minimum atomic E-state index is -0.489. The molecule has 1 amide bonds. The molecule has 8 nitrogen and oxygen atoms in total. The van der Waals surface area contributed by atoms with Crippen molar-refractivity contribution in [1.82, 2.24) is 10.2 Å². The predicted molar refractivity (Wildman–Crippen MR) is 123 cm³/mol. The molecule has 0 aliphatic carbocycles. The van der Waals surface area contributed by atoms with Crippen molar-refractivity contribution >= 4 is 17.4 Å². The predicted octanol–water partition coefficient (Wildman–Crippen LogP) is 1.44. The van der Waals surface area contributed by atoms with Crippen molar-refractivity contribution in [2.75, 3.05) is 39.2 Å². The van der Waals surface area contributed by atoms with Gasteiger partial charge >= 0.3 is 0 Å². The Morgan fingerprint density at radius 3 is 2.72 bits per heavy atom. The summed E-state index contributed by atoms with van der Waals surface area (Å²) in [7, 11) is 5.56. The largest absolute Gasteiger partial charge is 0.497 e. The maximum Gasteiger partial charge on any atom is 0.251 e. The summed E-state index contributed by atoms with van der Waals surface area (Å²) in [5.74, 6) is 1.15. The van der Waals surface area contributed by atoms with E-state index >= 15 is 0 Å². The number of amides is 1. The summed E-state index contributed by atoms with van der Waals surface area (Å²) in [4.78, 5) is 21.4. The van der Waals surface area contributed by atoms with Gasteiger partial charge in [0.2, 0.25) is 5.55 Å². The standard InChI is InChI=1S/C24H27N5O3/c1-28(2)13-12-26-23(30)17-6-4-5-16(15-17)22-27-24-20(11-14-32-24)21(25)29(22)18-7-9-19(31-3)10-8-18/h4-11,14-15,22H,12-13,25H2,1-3H3,(H,26,30). The smallest absolute Gasteiger partial charge is 0.251 e. The van der Waals surface area contributed by atoms with Crippen molar-refractivity contribution in [2.45, 2.75) is 6.17 Å². The summed E-state index contributed by atoms with van der Waals surface area (Å²) in [5.41, 5.74) is 9.28. The van der Waals surface area contributed by atoms with Crippen LogP contribution in [0.3, 0.4) is 0 Å². The number of benzene rings is 2. The second-order valence-corrected chi connectivity index (χ2v) is 7.78. The summed E-state index contributed by atoms with van der Waals surface area (Å²) in [6.07, 6.45) is 1.08. The first-order valence-electron chi connectivity index (χ1n) is 10.3. The van der Waals surface area contributed by atoms with Gasteiger partial charge in [0, 0.05) is 24.3 Å². The van der Waals surface area contributed by atoms with Gasteiger partial charge in [-0.25, -0.2) is 4.99 Å². The van der Waals surface area contributed by atoms with Gasteiger partial charge < -0.3 is 30.0 Å². The van der Waals surface area contributed by atoms with Gasteiger partial charge in [0.1, 0.15) is 11.6 Å². The zero-order valence-electron chi connectivity index (χ0n) is 18.4. The van der Waals surface area contributed by atoms with E-state index in [0.29, 0.717) is 23.5 Å². The van der Waals surface area contributed by atoms with Gasteiger partial charge in [-0.2, -0.15) is 0 Å². The second kappa shape index (κ2) is 9.15. The van der Waals surface area contributed by atoms with E-state index in [1.807, 2.05) is 66.4 Å². The fraction of sp³-hybridized carbons (Fsp3) is 0.250. The van der Waals surface area contributed by atoms with E-state index in [1.54, 1.807) is 25.5 Å². The van der Waals surface area contributed by atoms with Gasteiger partial charge in [-0.3, -0.25) is 4.79 Å². The van der Waals surface area contributed by atoms with Crippen molar-refractivity contribution in [3.8, 4) is 5.75 Å². The fourth-order valence-corrected chi connectivity index (χ4v) is 3.61. The van der Waals surface area contributed by atoms with Crippen molar-refractivity contribution < 1.29 is 13.9 Å². The summed E-state index contributed by atoms with van der Waals surface area (Å²) in [5, 5.41) is 3.68. The van der Waals surface area contributed by atoms with Gasteiger partial charge in [0.15, 0.2) is 6.17 Å². The zero-order valence-corrected chi connectivity index (χ0v) is 18.4. The number of rotatable bonds is 7. The molecule has 1 atom stereocenters. The SMILES string of the molecule is COc1ccc(N2C(N)=c3ccoc3=NC2c2cccc(C(=O)NCCN(C)C)c2)cc1. The van der Waals surface area contributed by atoms with E-state index in [4.69, 9.17) is 19.9 Å². The first kappa shape index (κ1) is 21.5. The van der Waals surface area contributed by atoms with Crippen molar-refractivity contribution in [2.24, 2.45) is 10.7 Å². The number of hydrogen-bond acceptors (Lipinski definition) is 7. The van der Waals surface area contributed by atoms with Crippen LogP contribution in [0.4, 0.5) is 5.69 Å². The molecule has 0 spiro atoms. The molecule has 0 saturated heterocycles. The topological polar surface area (TPSA) is 96.3 Å². The molecule has 2 heterocycles. The maximum atomic E-state index is 12.7. The first-order valence-corrected chi connectivity index (χ1v) is 10.3. The number of methoxy groups -OCH3 is 1. The number of carbonyl (C=O) groups is 1. The van der Waals surface area contributed by atoms with Crippen molar-refractivity contribution in [3.05, 3.63) is 82.8 Å². The number of nitrogens with one attached hydrogen (secondary N) is 1. The Morgan fingerprint density at radius 2 is 2.00 bits per heavy atom. The van der Waals surface area contributed by atoms with E-state index in [9.17, 15) is 4.79 Å². The average molecular weight is 434 g/mol. The highest BCUT2D eigenvalue weighted by molar-refractivity contribution is 5.94. The Kier molecular flexibility index (Phi) is 6.13. The van der Waals surface area contributed by atoms with Crippen LogP contribution in [0.1, 0.15) is 22.1 Å². The van der Waals surface area contributed by atoms with Crippen LogP contribution in [-0.4, -0.2) is 45.1 Å². The van der Waals surface area contributed by atoms with Gasteiger partial charge in [0.05, 0.1) is 18.6 Å². The number of likely N-dealkylation sites (N-methyl/N-ethyl adjacent to an activating group) is 1. The average Bonchev–Trinajstić information content (AvgIpc) is 3.28. The lowest BCUT2D eigenvalue weighted by Gasteiger charge is -2.33. The van der Waals surface area contributed by atoms with E-state index < -0.39 is 6.17 Å². The highest BCUT2D eigenvalue weighted by Crippen LogP contribution is 2.33. The molecule has 1 unspecified atom stereocenters. The Bertz CT molecular complexity index is 1220. The summed E-state index contributed by atoms with van der Waals surface area (Å²) < 4.78 is 10.8. The molecular formula is C24H27N5O3. The third kappa shape index (κ3) is 4.31. The van der Waals surface area contributed by atoms with Crippen molar-refractivity contribution in [3.63, 3.8) is 0 Å². The van der Waals surface area contributed by atoms with Crippen molar-refractivity contribution in [1.29, 1.82) is 0 Å². The highest BCUT2D eigenvalue weighted by Gasteiger charge is 2.27. The van der Waals surface area contributed by atoms with E-state index in [1.165, 1.54) is 0 Å². The maximum absolute atomic E-state index is 12.7. The Hall–Kier alpha value is -3.78. The van der Waals surface area contributed by atoms with Crippen LogP contribution in [0.5, 0.6) is 5.75 Å². The molecule has 3 N–H and O–H groups in total. The quantitative estimate of drug-likeness (QED) is 0.585. The minimum Gasteiger partial charge on any atom is -0.497 e. The molecule has 4 rings (SSSR count). The lowest BCUT2D eigenvalue weighted by Crippen LogP contribution is -2.44. The Balaban J connectivity index is 1.71. The molecule has 8 heteroatoms. The van der Waals surface area contributed by atoms with Gasteiger partial charge in [-0.15, -0.1) is 0 Å². The van der Waals surface area contributed by atoms with Gasteiger partial charge in [0.25, 0.3) is 5.91 Å². The molecule has 0 radical (unpaired) electrons. The summed E-state index contributed by atoms with van der Waals surface area (Å²) >= 11 is 0. The molecule has 1 aliphatic rings. The molecule has 3 aromatic rings. The molecule has 32 heavy (non-hydrogen) atoms. The Morgan fingerprint density at radius 1 is 1.22 bits per heavy atom. The lowest BCUT2D eigenvalue weighted by atomic mass is 10.1. The van der Waals surface area contributed by atoms with E-state index in [-0.39, 0.29) is 5.91 Å². The van der Waals surface area contributed by atoms with Crippen LogP contribution >= 0.6 is 0 Å². The molecule has 2 aromatic carbocycles. The lowest BCUT2D eigenvalue weighted by molar-refractivity contribution is 0.0951. The third-order valence-corrected chi connectivity index (χ3v) is 5.31. The zero-order chi connectivity index (χ0) is 22.7. The summed E-state index contributed by atoms with van der Waals surface area (Å²) in [6, 6.07) is 16.8.